The molecule has 19 heavy (non-hydrogen) atoms. The van der Waals surface area contributed by atoms with Gasteiger partial charge in [-0.1, -0.05) is 84.6 Å². The van der Waals surface area contributed by atoms with E-state index >= 15 is 0 Å². The van der Waals surface area contributed by atoms with Crippen LogP contribution in [-0.4, -0.2) is 0 Å². The maximum absolute atomic E-state index is 3.51. The Bertz CT molecular complexity index is 473. The second kappa shape index (κ2) is 7.49. The highest BCUT2D eigenvalue weighted by molar-refractivity contribution is 9.10. The Kier molecular flexibility index (Phi) is 5.65. The molecule has 2 rings (SSSR count). The Balaban J connectivity index is 2.21. The highest BCUT2D eigenvalue weighted by Gasteiger charge is 2.13. The third kappa shape index (κ3) is 4.21. The Labute approximate surface area is 125 Å². The van der Waals surface area contributed by atoms with Crippen molar-refractivity contribution in [1.29, 1.82) is 0 Å². The van der Waals surface area contributed by atoms with Crippen molar-refractivity contribution >= 4 is 15.9 Å². The van der Waals surface area contributed by atoms with E-state index in [0.717, 1.165) is 4.47 Å². The molecule has 2 aromatic rings. The summed E-state index contributed by atoms with van der Waals surface area (Å²) in [5.74, 6) is 0.529. The van der Waals surface area contributed by atoms with Crippen molar-refractivity contribution in [2.24, 2.45) is 0 Å². The number of unbranched alkanes of at least 4 members (excludes halogenated alkanes) is 2. The molecule has 0 nitrogen and oxygen atoms in total. The number of hydrogen-bond acceptors (Lipinski definition) is 0. The van der Waals surface area contributed by atoms with E-state index in [1.165, 1.54) is 36.8 Å². The van der Waals surface area contributed by atoms with Gasteiger partial charge in [-0.05, 0) is 29.7 Å². The first-order valence-corrected chi connectivity index (χ1v) is 7.91. The van der Waals surface area contributed by atoms with E-state index in [9.17, 15) is 0 Å². The number of hydrogen-bond donors (Lipinski definition) is 0. The van der Waals surface area contributed by atoms with Crippen molar-refractivity contribution in [3.8, 4) is 0 Å². The highest BCUT2D eigenvalue weighted by Crippen LogP contribution is 2.30. The fourth-order valence-electron chi connectivity index (χ4n) is 2.50. The lowest BCUT2D eigenvalue weighted by Crippen LogP contribution is -2.01. The first-order valence-electron chi connectivity index (χ1n) is 7.11. The predicted molar refractivity (Wildman–Crippen MR) is 86.6 cm³/mol. The summed E-state index contributed by atoms with van der Waals surface area (Å²) in [5, 5.41) is 0. The molecule has 0 spiro atoms. The topological polar surface area (TPSA) is 0 Å². The van der Waals surface area contributed by atoms with Crippen LogP contribution in [0.4, 0.5) is 0 Å². The summed E-state index contributed by atoms with van der Waals surface area (Å²) in [7, 11) is 0. The van der Waals surface area contributed by atoms with Crippen molar-refractivity contribution < 1.29 is 0 Å². The maximum Gasteiger partial charge on any atom is 0.0175 e. The summed E-state index contributed by atoms with van der Waals surface area (Å²) in [6.07, 6.45) is 5.13. The minimum Gasteiger partial charge on any atom is -0.0654 e. The summed E-state index contributed by atoms with van der Waals surface area (Å²) in [4.78, 5) is 0. The summed E-state index contributed by atoms with van der Waals surface area (Å²) < 4.78 is 1.15. The van der Waals surface area contributed by atoms with Gasteiger partial charge in [-0.2, -0.15) is 0 Å². The second-order valence-electron chi connectivity index (χ2n) is 5.01. The van der Waals surface area contributed by atoms with Gasteiger partial charge in [0.2, 0.25) is 0 Å². The zero-order chi connectivity index (χ0) is 13.5. The molecule has 0 aromatic heterocycles. The molecule has 0 radical (unpaired) electrons. The quantitative estimate of drug-likeness (QED) is 0.560. The Hall–Kier alpha value is -1.08. The lowest BCUT2D eigenvalue weighted by molar-refractivity contribution is 0.618. The Morgan fingerprint density at radius 2 is 1.47 bits per heavy atom. The van der Waals surface area contributed by atoms with E-state index < -0.39 is 0 Å². The fraction of sp³-hybridized carbons (Fsp3) is 0.333. The van der Waals surface area contributed by atoms with Crippen LogP contribution in [0.1, 0.15) is 49.7 Å². The molecular formula is C18H21Br. The van der Waals surface area contributed by atoms with Gasteiger partial charge in [0.1, 0.15) is 0 Å². The van der Waals surface area contributed by atoms with Crippen LogP contribution < -0.4 is 0 Å². The molecule has 0 heterocycles. The SMILES string of the molecule is CCCCCC(c1ccccc1)c1ccc(Br)cc1. The average molecular weight is 317 g/mol. The van der Waals surface area contributed by atoms with E-state index in [1.54, 1.807) is 0 Å². The second-order valence-corrected chi connectivity index (χ2v) is 5.93. The zero-order valence-corrected chi connectivity index (χ0v) is 13.1. The summed E-state index contributed by atoms with van der Waals surface area (Å²) in [5.41, 5.74) is 2.85. The van der Waals surface area contributed by atoms with E-state index in [2.05, 4.69) is 77.5 Å². The molecule has 0 fully saturated rings. The maximum atomic E-state index is 3.51. The van der Waals surface area contributed by atoms with Crippen LogP contribution in [-0.2, 0) is 0 Å². The summed E-state index contributed by atoms with van der Waals surface area (Å²) >= 11 is 3.51. The number of halogens is 1. The standard InChI is InChI=1S/C18H21Br/c1-2-3-5-10-18(15-8-6-4-7-9-15)16-11-13-17(19)14-12-16/h4,6-9,11-14,18H,2-3,5,10H2,1H3. The van der Waals surface area contributed by atoms with Crippen LogP contribution >= 0.6 is 15.9 Å². The van der Waals surface area contributed by atoms with Crippen LogP contribution in [0, 0.1) is 0 Å². The smallest absolute Gasteiger partial charge is 0.0175 e. The number of benzene rings is 2. The fourth-order valence-corrected chi connectivity index (χ4v) is 2.77. The lowest BCUT2D eigenvalue weighted by atomic mass is 9.87. The van der Waals surface area contributed by atoms with Crippen LogP contribution in [0.3, 0.4) is 0 Å². The third-order valence-corrected chi connectivity index (χ3v) is 4.10. The number of rotatable bonds is 6. The molecule has 0 saturated carbocycles. The van der Waals surface area contributed by atoms with Crippen LogP contribution in [0.15, 0.2) is 59.1 Å². The van der Waals surface area contributed by atoms with Gasteiger partial charge in [0.25, 0.3) is 0 Å². The van der Waals surface area contributed by atoms with Crippen LogP contribution in [0.25, 0.3) is 0 Å². The molecule has 0 N–H and O–H groups in total. The molecule has 1 atom stereocenters. The highest BCUT2D eigenvalue weighted by atomic mass is 79.9. The van der Waals surface area contributed by atoms with Gasteiger partial charge >= 0.3 is 0 Å². The van der Waals surface area contributed by atoms with Gasteiger partial charge in [-0.25, -0.2) is 0 Å². The molecule has 1 unspecified atom stereocenters. The Morgan fingerprint density at radius 1 is 0.842 bits per heavy atom. The van der Waals surface area contributed by atoms with Gasteiger partial charge in [0, 0.05) is 10.4 Å². The molecule has 0 amide bonds. The minimum atomic E-state index is 0.529. The largest absolute Gasteiger partial charge is 0.0654 e. The lowest BCUT2D eigenvalue weighted by Gasteiger charge is -2.18. The molecule has 0 bridgehead atoms. The van der Waals surface area contributed by atoms with Crippen LogP contribution in [0.2, 0.25) is 0 Å². The molecule has 0 aliphatic rings. The Morgan fingerprint density at radius 3 is 2.11 bits per heavy atom. The molecule has 0 aliphatic carbocycles. The van der Waals surface area contributed by atoms with Crippen molar-refractivity contribution in [2.45, 2.75) is 38.5 Å². The first-order chi connectivity index (χ1) is 9.31. The van der Waals surface area contributed by atoms with Crippen molar-refractivity contribution in [1.82, 2.24) is 0 Å². The van der Waals surface area contributed by atoms with Gasteiger partial charge in [0.05, 0.1) is 0 Å². The molecular weight excluding hydrogens is 296 g/mol. The van der Waals surface area contributed by atoms with Gasteiger partial charge in [0.15, 0.2) is 0 Å². The zero-order valence-electron chi connectivity index (χ0n) is 11.5. The predicted octanol–water partition coefficient (Wildman–Crippen LogP) is 6.16. The van der Waals surface area contributed by atoms with Gasteiger partial charge < -0.3 is 0 Å². The molecule has 100 valence electrons. The first kappa shape index (κ1) is 14.3. The van der Waals surface area contributed by atoms with Crippen molar-refractivity contribution in [2.75, 3.05) is 0 Å². The summed E-state index contributed by atoms with van der Waals surface area (Å²) in [6.45, 7) is 2.26. The van der Waals surface area contributed by atoms with Gasteiger partial charge in [-0.3, -0.25) is 0 Å². The van der Waals surface area contributed by atoms with E-state index in [0.29, 0.717) is 5.92 Å². The third-order valence-electron chi connectivity index (χ3n) is 3.57. The van der Waals surface area contributed by atoms with Crippen LogP contribution in [0.5, 0.6) is 0 Å². The molecule has 0 saturated heterocycles. The van der Waals surface area contributed by atoms with Gasteiger partial charge in [-0.15, -0.1) is 0 Å². The normalized spacial score (nSPS) is 12.3. The molecule has 1 heteroatoms. The van der Waals surface area contributed by atoms with E-state index in [1.807, 2.05) is 0 Å². The summed E-state index contributed by atoms with van der Waals surface area (Å²) in [6, 6.07) is 19.6. The van der Waals surface area contributed by atoms with Crippen molar-refractivity contribution in [3.05, 3.63) is 70.2 Å². The van der Waals surface area contributed by atoms with Crippen molar-refractivity contribution in [3.63, 3.8) is 0 Å². The molecule has 0 aliphatic heterocycles. The minimum absolute atomic E-state index is 0.529. The average Bonchev–Trinajstić information content (AvgIpc) is 2.46. The monoisotopic (exact) mass is 316 g/mol. The van der Waals surface area contributed by atoms with E-state index in [4.69, 9.17) is 0 Å². The molecule has 2 aromatic carbocycles. The van der Waals surface area contributed by atoms with E-state index in [-0.39, 0.29) is 0 Å².